The molecule has 0 heterocycles. The molecule has 31 heavy (non-hydrogen) atoms. The summed E-state index contributed by atoms with van der Waals surface area (Å²) < 4.78 is 21.3. The number of benzene rings is 2. The van der Waals surface area contributed by atoms with Gasteiger partial charge in [-0.05, 0) is 56.5 Å². The summed E-state index contributed by atoms with van der Waals surface area (Å²) in [6.07, 6.45) is 3.99. The molecule has 2 aromatic rings. The molecule has 0 atom stereocenters. The molecular weight excluding hydrogens is 394 g/mol. The highest BCUT2D eigenvalue weighted by Gasteiger charge is 2.17. The summed E-state index contributed by atoms with van der Waals surface area (Å²) in [5, 5.41) is 0. The minimum Gasteiger partial charge on any atom is -0.493 e. The minimum atomic E-state index is -0.395. The molecule has 0 saturated heterocycles. The lowest BCUT2D eigenvalue weighted by atomic mass is 10.1. The van der Waals surface area contributed by atoms with Crippen molar-refractivity contribution in [3.05, 3.63) is 53.6 Å². The molecule has 0 radical (unpaired) electrons. The molecule has 0 spiro atoms. The molecule has 0 saturated carbocycles. The van der Waals surface area contributed by atoms with Gasteiger partial charge in [-0.1, -0.05) is 37.3 Å². The Morgan fingerprint density at radius 3 is 2.13 bits per heavy atom. The third kappa shape index (κ3) is 7.79. The molecule has 0 aliphatic heterocycles. The van der Waals surface area contributed by atoms with Crippen molar-refractivity contribution in [1.29, 1.82) is 0 Å². The molecule has 170 valence electrons. The van der Waals surface area contributed by atoms with Crippen LogP contribution in [-0.2, 0) is 11.2 Å². The van der Waals surface area contributed by atoms with Crippen molar-refractivity contribution in [3.8, 4) is 17.2 Å². The number of ether oxygens (including phenoxy) is 4. The Morgan fingerprint density at radius 1 is 0.871 bits per heavy atom. The van der Waals surface area contributed by atoms with E-state index in [0.29, 0.717) is 29.4 Å². The topological polar surface area (TPSA) is 57.2 Å². The number of hydrogen-bond acceptors (Lipinski definition) is 6. The Kier molecular flexibility index (Phi) is 10.7. The Morgan fingerprint density at radius 2 is 1.55 bits per heavy atom. The summed E-state index contributed by atoms with van der Waals surface area (Å²) in [5.41, 5.74) is 1.74. The van der Waals surface area contributed by atoms with Crippen molar-refractivity contribution in [1.82, 2.24) is 4.90 Å². The Hall–Kier alpha value is -2.73. The average molecular weight is 430 g/mol. The van der Waals surface area contributed by atoms with Crippen LogP contribution in [0.25, 0.3) is 0 Å². The second-order valence-corrected chi connectivity index (χ2v) is 7.33. The first kappa shape index (κ1) is 24.5. The van der Waals surface area contributed by atoms with E-state index in [-0.39, 0.29) is 0 Å². The third-order valence-corrected chi connectivity index (χ3v) is 5.10. The molecule has 0 aromatic heterocycles. The third-order valence-electron chi connectivity index (χ3n) is 5.10. The van der Waals surface area contributed by atoms with E-state index in [1.807, 2.05) is 6.07 Å². The number of unbranched alkanes of at least 4 members (excludes halogenated alkanes) is 1. The summed E-state index contributed by atoms with van der Waals surface area (Å²) in [5.74, 6) is 0.923. The van der Waals surface area contributed by atoms with Crippen molar-refractivity contribution in [2.75, 3.05) is 47.6 Å². The molecule has 0 unspecified atom stereocenters. The average Bonchev–Trinajstić information content (AvgIpc) is 2.81. The fraction of sp³-hybridized carbons (Fsp3) is 0.480. The maximum atomic E-state index is 12.5. The fourth-order valence-corrected chi connectivity index (χ4v) is 3.47. The Bertz CT molecular complexity index is 769. The maximum absolute atomic E-state index is 12.5. The summed E-state index contributed by atoms with van der Waals surface area (Å²) in [7, 11) is 4.57. The van der Waals surface area contributed by atoms with Gasteiger partial charge in [-0.3, -0.25) is 0 Å². The van der Waals surface area contributed by atoms with Crippen LogP contribution in [0.1, 0.15) is 42.1 Å². The zero-order valence-electron chi connectivity index (χ0n) is 19.2. The minimum absolute atomic E-state index is 0.380. The van der Waals surface area contributed by atoms with Gasteiger partial charge in [0.2, 0.25) is 5.75 Å². The Balaban J connectivity index is 1.78. The van der Waals surface area contributed by atoms with Crippen molar-refractivity contribution in [2.24, 2.45) is 0 Å². The lowest BCUT2D eigenvalue weighted by Crippen LogP contribution is -2.28. The van der Waals surface area contributed by atoms with Gasteiger partial charge >= 0.3 is 5.97 Å². The van der Waals surface area contributed by atoms with Crippen LogP contribution in [-0.4, -0.2) is 58.4 Å². The van der Waals surface area contributed by atoms with Crippen LogP contribution in [0.4, 0.5) is 0 Å². The highest BCUT2D eigenvalue weighted by atomic mass is 16.5. The molecular formula is C25H35NO5. The van der Waals surface area contributed by atoms with E-state index in [0.717, 1.165) is 45.3 Å². The molecule has 6 heteroatoms. The number of rotatable bonds is 14. The van der Waals surface area contributed by atoms with Gasteiger partial charge in [-0.2, -0.15) is 0 Å². The Labute approximate surface area is 186 Å². The van der Waals surface area contributed by atoms with Gasteiger partial charge in [0.05, 0.1) is 33.5 Å². The molecule has 0 bridgehead atoms. The monoisotopic (exact) mass is 429 g/mol. The van der Waals surface area contributed by atoms with Gasteiger partial charge in [0.15, 0.2) is 11.5 Å². The number of esters is 1. The van der Waals surface area contributed by atoms with Crippen LogP contribution in [0.2, 0.25) is 0 Å². The van der Waals surface area contributed by atoms with Crippen LogP contribution in [0.5, 0.6) is 17.2 Å². The van der Waals surface area contributed by atoms with Gasteiger partial charge in [0.25, 0.3) is 0 Å². The van der Waals surface area contributed by atoms with Gasteiger partial charge in [-0.15, -0.1) is 0 Å². The summed E-state index contributed by atoms with van der Waals surface area (Å²) in [6.45, 7) is 5.71. The molecule has 0 aliphatic rings. The number of nitrogens with zero attached hydrogens (tertiary/aromatic N) is 1. The second-order valence-electron chi connectivity index (χ2n) is 7.33. The molecule has 0 fully saturated rings. The van der Waals surface area contributed by atoms with E-state index in [9.17, 15) is 4.79 Å². The summed E-state index contributed by atoms with van der Waals surface area (Å²) in [4.78, 5) is 14.9. The van der Waals surface area contributed by atoms with Crippen LogP contribution < -0.4 is 14.2 Å². The van der Waals surface area contributed by atoms with E-state index < -0.39 is 5.97 Å². The van der Waals surface area contributed by atoms with E-state index in [1.165, 1.54) is 26.9 Å². The highest BCUT2D eigenvalue weighted by molar-refractivity contribution is 5.91. The predicted molar refractivity (Wildman–Crippen MR) is 122 cm³/mol. The molecule has 2 rings (SSSR count). The zero-order valence-corrected chi connectivity index (χ0v) is 19.2. The first-order valence-corrected chi connectivity index (χ1v) is 10.9. The van der Waals surface area contributed by atoms with E-state index >= 15 is 0 Å². The maximum Gasteiger partial charge on any atom is 0.338 e. The fourth-order valence-electron chi connectivity index (χ4n) is 3.47. The number of carbonyl (C=O) groups is 1. The van der Waals surface area contributed by atoms with Crippen molar-refractivity contribution in [3.63, 3.8) is 0 Å². The lowest BCUT2D eigenvalue weighted by molar-refractivity contribution is 0.0494. The van der Waals surface area contributed by atoms with Gasteiger partial charge in [-0.25, -0.2) is 4.79 Å². The van der Waals surface area contributed by atoms with E-state index in [1.54, 1.807) is 12.1 Å². The number of methoxy groups -OCH3 is 3. The molecule has 0 amide bonds. The van der Waals surface area contributed by atoms with Crippen molar-refractivity contribution in [2.45, 2.75) is 32.6 Å². The smallest absolute Gasteiger partial charge is 0.338 e. The number of carbonyl (C=O) groups excluding carboxylic acids is 1. The van der Waals surface area contributed by atoms with Crippen LogP contribution in [0, 0.1) is 0 Å². The van der Waals surface area contributed by atoms with Gasteiger partial charge in [0, 0.05) is 6.54 Å². The molecule has 6 nitrogen and oxygen atoms in total. The van der Waals surface area contributed by atoms with Crippen LogP contribution >= 0.6 is 0 Å². The SMILES string of the molecule is CCCN(CCCCOC(=O)c1cc(OC)c(OC)c(OC)c1)CCc1ccccc1. The number of hydrogen-bond donors (Lipinski definition) is 0. The van der Waals surface area contributed by atoms with Crippen LogP contribution in [0.3, 0.4) is 0 Å². The lowest BCUT2D eigenvalue weighted by Gasteiger charge is -2.21. The normalized spacial score (nSPS) is 10.7. The molecule has 0 N–H and O–H groups in total. The van der Waals surface area contributed by atoms with Crippen LogP contribution in [0.15, 0.2) is 42.5 Å². The zero-order chi connectivity index (χ0) is 22.5. The first-order chi connectivity index (χ1) is 15.1. The van der Waals surface area contributed by atoms with Gasteiger partial charge < -0.3 is 23.8 Å². The van der Waals surface area contributed by atoms with E-state index in [4.69, 9.17) is 18.9 Å². The van der Waals surface area contributed by atoms with Crippen molar-refractivity contribution < 1.29 is 23.7 Å². The first-order valence-electron chi connectivity index (χ1n) is 10.9. The second kappa shape index (κ2) is 13.5. The van der Waals surface area contributed by atoms with E-state index in [2.05, 4.69) is 36.1 Å². The quantitative estimate of drug-likeness (QED) is 0.323. The molecule has 2 aromatic carbocycles. The highest BCUT2D eigenvalue weighted by Crippen LogP contribution is 2.38. The molecule has 0 aliphatic carbocycles. The largest absolute Gasteiger partial charge is 0.493 e. The summed E-state index contributed by atoms with van der Waals surface area (Å²) >= 11 is 0. The van der Waals surface area contributed by atoms with Gasteiger partial charge in [0.1, 0.15) is 0 Å². The summed E-state index contributed by atoms with van der Waals surface area (Å²) in [6, 6.07) is 13.8. The standard InChI is InChI=1S/C25H35NO5/c1-5-14-26(16-13-20-11-7-6-8-12-20)15-9-10-17-31-25(27)21-18-22(28-2)24(30-4)23(19-21)29-3/h6-8,11-12,18-19H,5,9-10,13-17H2,1-4H3. The predicted octanol–water partition coefficient (Wildman–Crippen LogP) is 4.60. The van der Waals surface area contributed by atoms with Crippen molar-refractivity contribution >= 4 is 5.97 Å².